The normalized spacial score (nSPS) is 13.8. The summed E-state index contributed by atoms with van der Waals surface area (Å²) in [5.74, 6) is 1.25. The molecule has 0 aliphatic carbocycles. The van der Waals surface area contributed by atoms with E-state index in [0.29, 0.717) is 0 Å². The van der Waals surface area contributed by atoms with Gasteiger partial charge in [-0.1, -0.05) is 57.2 Å². The molecule has 5 aromatic rings. The summed E-state index contributed by atoms with van der Waals surface area (Å²) in [4.78, 5) is 0. The molecule has 6 rings (SSSR count). The number of benzene rings is 3. The van der Waals surface area contributed by atoms with Crippen molar-refractivity contribution >= 4 is 33.0 Å². The smallest absolute Gasteiger partial charge is 0.293 e. The molecule has 0 bridgehead atoms. The molecule has 0 saturated heterocycles. The lowest BCUT2D eigenvalue weighted by Gasteiger charge is -2.19. The maximum atomic E-state index is 6.45. The van der Waals surface area contributed by atoms with Gasteiger partial charge in [0.15, 0.2) is 16.6 Å². The van der Waals surface area contributed by atoms with Gasteiger partial charge in [-0.05, 0) is 42.0 Å². The van der Waals surface area contributed by atoms with Crippen molar-refractivity contribution in [2.45, 2.75) is 47.1 Å². The molecule has 0 amide bonds. The first-order chi connectivity index (χ1) is 14.8. The second-order valence-corrected chi connectivity index (χ2v) is 10.3. The largest absolute Gasteiger partial charge is 0.455 e. The van der Waals surface area contributed by atoms with Crippen molar-refractivity contribution < 1.29 is 8.98 Å². The highest BCUT2D eigenvalue weighted by molar-refractivity contribution is 6.09. The molecule has 1 aliphatic rings. The van der Waals surface area contributed by atoms with Crippen LogP contribution in [0.25, 0.3) is 44.4 Å². The Morgan fingerprint density at radius 1 is 1.00 bits per heavy atom. The van der Waals surface area contributed by atoms with Crippen molar-refractivity contribution in [2.75, 3.05) is 0 Å². The minimum absolute atomic E-state index is 0.283. The quantitative estimate of drug-likeness (QED) is 0.306. The third-order valence-corrected chi connectivity index (χ3v) is 6.85. The average Bonchev–Trinajstić information content (AvgIpc) is 3.38. The van der Waals surface area contributed by atoms with Crippen molar-refractivity contribution in [2.24, 2.45) is 12.5 Å². The lowest BCUT2D eigenvalue weighted by Crippen LogP contribution is -2.33. The van der Waals surface area contributed by atoms with E-state index in [1.165, 1.54) is 49.9 Å². The summed E-state index contributed by atoms with van der Waals surface area (Å²) in [6, 6.07) is 17.5. The van der Waals surface area contributed by atoms with Crippen LogP contribution in [0.2, 0.25) is 0 Å². The molecule has 31 heavy (non-hydrogen) atoms. The first-order valence-corrected chi connectivity index (χ1v) is 11.3. The molecule has 2 aromatic heterocycles. The third kappa shape index (κ3) is 2.62. The van der Waals surface area contributed by atoms with Crippen LogP contribution in [0.4, 0.5) is 0 Å². The summed E-state index contributed by atoms with van der Waals surface area (Å²) in [6.45, 7) is 10.2. The molecule has 0 atom stereocenters. The van der Waals surface area contributed by atoms with E-state index in [0.717, 1.165) is 30.6 Å². The lowest BCUT2D eigenvalue weighted by molar-refractivity contribution is -0.653. The molecule has 3 heteroatoms. The van der Waals surface area contributed by atoms with Gasteiger partial charge in [-0.15, -0.1) is 0 Å². The van der Waals surface area contributed by atoms with E-state index in [1.807, 2.05) is 6.07 Å². The van der Waals surface area contributed by atoms with Gasteiger partial charge >= 0.3 is 0 Å². The van der Waals surface area contributed by atoms with Crippen LogP contribution in [0.15, 0.2) is 52.9 Å². The van der Waals surface area contributed by atoms with Gasteiger partial charge < -0.3 is 4.42 Å². The van der Waals surface area contributed by atoms with Crippen LogP contribution in [-0.4, -0.2) is 4.57 Å². The van der Waals surface area contributed by atoms with E-state index in [1.54, 1.807) is 0 Å². The van der Waals surface area contributed by atoms with Crippen LogP contribution in [-0.2, 0) is 26.4 Å². The molecule has 0 spiro atoms. The fourth-order valence-corrected chi connectivity index (χ4v) is 5.56. The fourth-order valence-electron chi connectivity index (χ4n) is 5.56. The molecule has 3 heterocycles. The Balaban J connectivity index is 1.68. The van der Waals surface area contributed by atoms with Crippen molar-refractivity contribution in [3.63, 3.8) is 0 Å². The van der Waals surface area contributed by atoms with Gasteiger partial charge in [-0.25, -0.2) is 9.13 Å². The van der Waals surface area contributed by atoms with Gasteiger partial charge in [0.25, 0.3) is 5.82 Å². The van der Waals surface area contributed by atoms with Gasteiger partial charge in [0, 0.05) is 22.8 Å². The number of imidazole rings is 1. The summed E-state index contributed by atoms with van der Waals surface area (Å²) in [5.41, 5.74) is 10.5. The Kier molecular flexibility index (Phi) is 3.75. The number of hydrogen-bond donors (Lipinski definition) is 0. The zero-order valence-electron chi connectivity index (χ0n) is 19.0. The van der Waals surface area contributed by atoms with Crippen molar-refractivity contribution in [1.29, 1.82) is 0 Å². The van der Waals surface area contributed by atoms with Crippen LogP contribution >= 0.6 is 0 Å². The molecular formula is C28H29N2O+. The summed E-state index contributed by atoms with van der Waals surface area (Å²) in [6.07, 6.45) is 2.22. The Morgan fingerprint density at radius 3 is 2.61 bits per heavy atom. The lowest BCUT2D eigenvalue weighted by atomic mass is 9.85. The maximum absolute atomic E-state index is 6.45. The summed E-state index contributed by atoms with van der Waals surface area (Å²) >= 11 is 0. The van der Waals surface area contributed by atoms with Gasteiger partial charge in [0.2, 0.25) is 0 Å². The molecule has 3 aromatic carbocycles. The van der Waals surface area contributed by atoms with E-state index in [2.05, 4.69) is 86.3 Å². The first kappa shape index (κ1) is 18.7. The topological polar surface area (TPSA) is 21.9 Å². The number of para-hydroxylation sites is 1. The van der Waals surface area contributed by atoms with Gasteiger partial charge in [-0.3, -0.25) is 0 Å². The highest BCUT2D eigenvalue weighted by Gasteiger charge is 2.35. The minimum atomic E-state index is 0.283. The number of fused-ring (bicyclic) bond motifs is 3. The Morgan fingerprint density at radius 2 is 1.81 bits per heavy atom. The number of aryl methyl sites for hydroxylation is 4. The minimum Gasteiger partial charge on any atom is -0.455 e. The number of nitrogens with zero attached hydrogens (tertiary/aromatic N) is 2. The average molecular weight is 410 g/mol. The monoisotopic (exact) mass is 409 g/mol. The van der Waals surface area contributed by atoms with Crippen molar-refractivity contribution in [3.05, 3.63) is 65.2 Å². The van der Waals surface area contributed by atoms with Crippen LogP contribution in [0.3, 0.4) is 0 Å². The molecule has 156 valence electrons. The van der Waals surface area contributed by atoms with E-state index in [9.17, 15) is 0 Å². The van der Waals surface area contributed by atoms with Gasteiger partial charge in [0.1, 0.15) is 11.1 Å². The van der Waals surface area contributed by atoms with Gasteiger partial charge in [-0.2, -0.15) is 0 Å². The predicted octanol–water partition coefficient (Wildman–Crippen LogP) is 6.49. The Bertz CT molecular complexity index is 1510. The second-order valence-electron chi connectivity index (χ2n) is 10.3. The van der Waals surface area contributed by atoms with Crippen molar-refractivity contribution in [3.8, 4) is 11.4 Å². The molecular weight excluding hydrogens is 380 g/mol. The van der Waals surface area contributed by atoms with Crippen LogP contribution in [0.5, 0.6) is 0 Å². The first-order valence-electron chi connectivity index (χ1n) is 11.3. The summed E-state index contributed by atoms with van der Waals surface area (Å²) < 4.78 is 11.4. The van der Waals surface area contributed by atoms with Crippen LogP contribution in [0.1, 0.15) is 37.5 Å². The highest BCUT2D eigenvalue weighted by atomic mass is 16.3. The summed E-state index contributed by atoms with van der Waals surface area (Å²) in [7, 11) is 2.20. The fraction of sp³-hybridized carbons (Fsp3) is 0.321. The van der Waals surface area contributed by atoms with E-state index < -0.39 is 0 Å². The molecule has 0 radical (unpaired) electrons. The zero-order valence-corrected chi connectivity index (χ0v) is 19.0. The molecule has 0 saturated carbocycles. The zero-order chi connectivity index (χ0) is 21.5. The number of hydrogen-bond acceptors (Lipinski definition) is 1. The Labute approximate surface area is 182 Å². The molecule has 3 nitrogen and oxygen atoms in total. The number of aromatic nitrogens is 2. The third-order valence-electron chi connectivity index (χ3n) is 6.85. The standard InChI is InChI=1S/C28H29N2O/c1-17-10-12-21-20-8-6-7-9-23(20)31-26(21)24(17)27-29(5)22-13-11-18(16-28(2,3)4)19-14-15-30(27)25(19)22/h6-13H,14-16H2,1-5H3/q+1. The second kappa shape index (κ2) is 6.23. The van der Waals surface area contributed by atoms with E-state index in [4.69, 9.17) is 4.42 Å². The van der Waals surface area contributed by atoms with E-state index in [-0.39, 0.29) is 5.41 Å². The molecule has 0 N–H and O–H groups in total. The molecule has 0 unspecified atom stereocenters. The number of furan rings is 1. The molecule has 0 fully saturated rings. The Hall–Kier alpha value is -3.07. The maximum Gasteiger partial charge on any atom is 0.293 e. The van der Waals surface area contributed by atoms with Crippen molar-refractivity contribution in [1.82, 2.24) is 4.57 Å². The van der Waals surface area contributed by atoms with Gasteiger partial charge in [0.05, 0.1) is 13.6 Å². The van der Waals surface area contributed by atoms with E-state index >= 15 is 0 Å². The van der Waals surface area contributed by atoms with Crippen LogP contribution < -0.4 is 4.57 Å². The predicted molar refractivity (Wildman–Crippen MR) is 127 cm³/mol. The SMILES string of the molecule is Cc1ccc2c(oc3ccccc32)c1-c1n(C)c2ccc(CC(C)(C)C)c3c2[n+]1CC3. The highest BCUT2D eigenvalue weighted by Crippen LogP contribution is 2.39. The van der Waals surface area contributed by atoms with Crippen LogP contribution in [0, 0.1) is 12.3 Å². The number of rotatable bonds is 2. The molecule has 1 aliphatic heterocycles. The summed E-state index contributed by atoms with van der Waals surface area (Å²) in [5, 5.41) is 2.38.